The molecule has 0 radical (unpaired) electrons. The van der Waals surface area contributed by atoms with E-state index in [2.05, 4.69) is 20.7 Å². The summed E-state index contributed by atoms with van der Waals surface area (Å²) < 4.78 is 6.87. The SMILES string of the molecule is COCCNC(=O)c1cn(Cc2nnn(C[C@H](O)c3ccc(C)cc3)n2)c(=O)n(C)c1=O. The lowest BCUT2D eigenvalue weighted by atomic mass is 10.1. The van der Waals surface area contributed by atoms with E-state index in [1.807, 2.05) is 31.2 Å². The van der Waals surface area contributed by atoms with Crippen molar-refractivity contribution in [1.29, 1.82) is 0 Å². The topological polar surface area (TPSA) is 146 Å². The lowest BCUT2D eigenvalue weighted by Gasteiger charge is -2.10. The summed E-state index contributed by atoms with van der Waals surface area (Å²) in [5, 5.41) is 24.9. The van der Waals surface area contributed by atoms with Gasteiger partial charge in [-0.05, 0) is 17.7 Å². The number of tetrazole rings is 1. The molecule has 1 aromatic carbocycles. The maximum absolute atomic E-state index is 12.5. The van der Waals surface area contributed by atoms with Gasteiger partial charge in [-0.15, -0.1) is 10.2 Å². The van der Waals surface area contributed by atoms with Crippen LogP contribution in [-0.4, -0.2) is 60.6 Å². The highest BCUT2D eigenvalue weighted by Crippen LogP contribution is 2.14. The number of carbonyl (C=O) groups is 1. The number of ether oxygens (including phenoxy) is 1. The van der Waals surface area contributed by atoms with Gasteiger partial charge in [-0.2, -0.15) is 4.80 Å². The van der Waals surface area contributed by atoms with Crippen molar-refractivity contribution in [2.45, 2.75) is 26.1 Å². The van der Waals surface area contributed by atoms with Gasteiger partial charge in [-0.1, -0.05) is 29.8 Å². The first-order valence-electron chi connectivity index (χ1n) is 9.89. The van der Waals surface area contributed by atoms with Crippen LogP contribution in [0.3, 0.4) is 0 Å². The fourth-order valence-corrected chi connectivity index (χ4v) is 2.98. The van der Waals surface area contributed by atoms with Crippen molar-refractivity contribution in [3.8, 4) is 0 Å². The molecule has 0 fully saturated rings. The summed E-state index contributed by atoms with van der Waals surface area (Å²) in [6, 6.07) is 7.43. The van der Waals surface area contributed by atoms with Gasteiger partial charge < -0.3 is 15.2 Å². The van der Waals surface area contributed by atoms with Gasteiger partial charge in [0, 0.05) is 26.9 Å². The van der Waals surface area contributed by atoms with Gasteiger partial charge >= 0.3 is 5.69 Å². The number of aliphatic hydroxyl groups is 1. The van der Waals surface area contributed by atoms with E-state index in [4.69, 9.17) is 4.74 Å². The summed E-state index contributed by atoms with van der Waals surface area (Å²) in [6.45, 7) is 2.43. The third-order valence-electron chi connectivity index (χ3n) is 4.79. The van der Waals surface area contributed by atoms with Crippen LogP contribution in [0.15, 0.2) is 40.1 Å². The molecule has 12 nitrogen and oxygen atoms in total. The number of amides is 1. The summed E-state index contributed by atoms with van der Waals surface area (Å²) in [4.78, 5) is 38.4. The van der Waals surface area contributed by atoms with Gasteiger partial charge in [0.2, 0.25) is 0 Å². The Labute approximate surface area is 183 Å². The van der Waals surface area contributed by atoms with E-state index in [0.29, 0.717) is 5.56 Å². The number of rotatable bonds is 9. The second kappa shape index (κ2) is 10.1. The Morgan fingerprint density at radius 3 is 2.66 bits per heavy atom. The molecular formula is C20H25N7O5. The predicted octanol–water partition coefficient (Wildman–Crippen LogP) is -1.000. The van der Waals surface area contributed by atoms with Crippen LogP contribution in [0.4, 0.5) is 0 Å². The molecule has 1 atom stereocenters. The van der Waals surface area contributed by atoms with Crippen molar-refractivity contribution in [2.24, 2.45) is 7.05 Å². The maximum Gasteiger partial charge on any atom is 0.331 e. The average molecular weight is 443 g/mol. The van der Waals surface area contributed by atoms with Crippen molar-refractivity contribution >= 4 is 5.91 Å². The lowest BCUT2D eigenvalue weighted by Crippen LogP contribution is -2.43. The number of nitrogens with zero attached hydrogens (tertiary/aromatic N) is 6. The van der Waals surface area contributed by atoms with E-state index in [1.54, 1.807) is 0 Å². The third kappa shape index (κ3) is 5.34. The number of carbonyl (C=O) groups excluding carboxylic acids is 1. The second-order valence-corrected chi connectivity index (χ2v) is 7.25. The first-order chi connectivity index (χ1) is 15.3. The number of nitrogens with one attached hydrogen (secondary N) is 1. The monoisotopic (exact) mass is 443 g/mol. The zero-order valence-electron chi connectivity index (χ0n) is 18.1. The molecule has 0 spiro atoms. The van der Waals surface area contributed by atoms with Crippen molar-refractivity contribution in [3.05, 3.63) is 73.8 Å². The van der Waals surface area contributed by atoms with Crippen LogP contribution in [0.5, 0.6) is 0 Å². The number of aromatic nitrogens is 6. The zero-order chi connectivity index (χ0) is 23.3. The zero-order valence-corrected chi connectivity index (χ0v) is 18.1. The van der Waals surface area contributed by atoms with Crippen LogP contribution in [0.2, 0.25) is 0 Å². The Balaban J connectivity index is 1.76. The summed E-state index contributed by atoms with van der Waals surface area (Å²) >= 11 is 0. The first-order valence-corrected chi connectivity index (χ1v) is 9.89. The molecule has 32 heavy (non-hydrogen) atoms. The van der Waals surface area contributed by atoms with E-state index in [-0.39, 0.29) is 37.6 Å². The van der Waals surface area contributed by atoms with Crippen LogP contribution in [0.25, 0.3) is 0 Å². The van der Waals surface area contributed by atoms with Gasteiger partial charge in [0.1, 0.15) is 11.7 Å². The predicted molar refractivity (Wildman–Crippen MR) is 113 cm³/mol. The lowest BCUT2D eigenvalue weighted by molar-refractivity contribution is 0.0933. The van der Waals surface area contributed by atoms with E-state index in [9.17, 15) is 19.5 Å². The Bertz CT molecular complexity index is 1200. The Morgan fingerprint density at radius 2 is 1.97 bits per heavy atom. The van der Waals surface area contributed by atoms with Gasteiger partial charge in [-0.25, -0.2) is 4.79 Å². The number of hydrogen-bond acceptors (Lipinski definition) is 8. The smallest absolute Gasteiger partial charge is 0.331 e. The summed E-state index contributed by atoms with van der Waals surface area (Å²) in [5.41, 5.74) is 0.272. The highest BCUT2D eigenvalue weighted by molar-refractivity contribution is 5.93. The largest absolute Gasteiger partial charge is 0.386 e. The molecule has 2 aromatic heterocycles. The Hall–Kier alpha value is -3.64. The van der Waals surface area contributed by atoms with Crippen molar-refractivity contribution < 1.29 is 14.6 Å². The standard InChI is InChI=1S/C20H25N7O5/c1-13-4-6-14(7-5-13)16(28)11-27-23-17(22-24-27)12-26-10-15(18(29)21-8-9-32-3)19(30)25(2)20(26)31/h4-7,10,16,28H,8-9,11-12H2,1-3H3,(H,21,29)/t16-/m0/s1. The van der Waals surface area contributed by atoms with Crippen LogP contribution >= 0.6 is 0 Å². The minimum atomic E-state index is -0.833. The van der Waals surface area contributed by atoms with Crippen LogP contribution < -0.4 is 16.6 Å². The molecule has 3 rings (SSSR count). The number of benzene rings is 1. The fourth-order valence-electron chi connectivity index (χ4n) is 2.98. The number of aryl methyl sites for hydroxylation is 1. The highest BCUT2D eigenvalue weighted by atomic mass is 16.5. The van der Waals surface area contributed by atoms with Crippen LogP contribution in [0, 0.1) is 6.92 Å². The minimum absolute atomic E-state index is 0.0748. The van der Waals surface area contributed by atoms with Crippen molar-refractivity contribution in [2.75, 3.05) is 20.3 Å². The highest BCUT2D eigenvalue weighted by Gasteiger charge is 2.17. The van der Waals surface area contributed by atoms with Gasteiger partial charge in [-0.3, -0.25) is 18.7 Å². The molecular weight excluding hydrogens is 418 g/mol. The number of methoxy groups -OCH3 is 1. The molecule has 0 aliphatic carbocycles. The van der Waals surface area contributed by atoms with Crippen LogP contribution in [0.1, 0.15) is 33.4 Å². The molecule has 170 valence electrons. The number of hydrogen-bond donors (Lipinski definition) is 2. The van der Waals surface area contributed by atoms with Crippen LogP contribution in [-0.2, 0) is 24.9 Å². The molecule has 0 unspecified atom stereocenters. The normalized spacial score (nSPS) is 12.0. The minimum Gasteiger partial charge on any atom is -0.386 e. The molecule has 3 aromatic rings. The average Bonchev–Trinajstić information content (AvgIpc) is 3.21. The van der Waals surface area contributed by atoms with Crippen molar-refractivity contribution in [1.82, 2.24) is 34.7 Å². The van der Waals surface area contributed by atoms with Gasteiger partial charge in [0.15, 0.2) is 5.82 Å². The maximum atomic E-state index is 12.5. The summed E-state index contributed by atoms with van der Waals surface area (Å²) in [5.74, 6) is -0.429. The molecule has 2 heterocycles. The van der Waals surface area contributed by atoms with Gasteiger partial charge in [0.25, 0.3) is 11.5 Å². The molecule has 0 aliphatic rings. The summed E-state index contributed by atoms with van der Waals surface area (Å²) in [6.07, 6.45) is 0.342. The number of aliphatic hydroxyl groups excluding tert-OH is 1. The first kappa shape index (κ1) is 23.0. The van der Waals surface area contributed by atoms with E-state index in [1.165, 1.54) is 25.2 Å². The molecule has 0 saturated carbocycles. The third-order valence-corrected chi connectivity index (χ3v) is 4.79. The quantitative estimate of drug-likeness (QED) is 0.401. The molecule has 0 saturated heterocycles. The molecule has 1 amide bonds. The molecule has 0 bridgehead atoms. The van der Waals surface area contributed by atoms with Crippen molar-refractivity contribution in [3.63, 3.8) is 0 Å². The Kier molecular flexibility index (Phi) is 7.28. The molecule has 2 N–H and O–H groups in total. The summed E-state index contributed by atoms with van der Waals surface area (Å²) in [7, 11) is 2.78. The van der Waals surface area contributed by atoms with E-state index >= 15 is 0 Å². The van der Waals surface area contributed by atoms with E-state index < -0.39 is 23.3 Å². The van der Waals surface area contributed by atoms with Gasteiger partial charge in [0.05, 0.1) is 19.7 Å². The van der Waals surface area contributed by atoms with E-state index in [0.717, 1.165) is 14.7 Å². The second-order valence-electron chi connectivity index (χ2n) is 7.25. The molecule has 0 aliphatic heterocycles. The fraction of sp³-hybridized carbons (Fsp3) is 0.400. The molecule has 12 heteroatoms. The Morgan fingerprint density at radius 1 is 1.25 bits per heavy atom.